The summed E-state index contributed by atoms with van der Waals surface area (Å²) in [6, 6.07) is 0. The Bertz CT molecular complexity index is 261. The molecule has 3 N–H and O–H groups in total. The molecule has 0 aromatic rings. The van der Waals surface area contributed by atoms with Crippen LogP contribution in [0.5, 0.6) is 0 Å². The Balaban J connectivity index is 2.31. The molecule has 1 atom stereocenters. The third-order valence-corrected chi connectivity index (χ3v) is 3.55. The fraction of sp³-hybridized carbons (Fsp3) is 0.818. The predicted molar refractivity (Wildman–Crippen MR) is 65.5 cm³/mol. The van der Waals surface area contributed by atoms with E-state index in [1.54, 1.807) is 6.92 Å². The van der Waals surface area contributed by atoms with E-state index in [9.17, 15) is 4.79 Å². The van der Waals surface area contributed by atoms with E-state index in [4.69, 9.17) is 18.0 Å². The van der Waals surface area contributed by atoms with Crippen LogP contribution >= 0.6 is 12.2 Å². The zero-order valence-electron chi connectivity index (χ0n) is 9.51. The number of rotatable bonds is 6. The van der Waals surface area contributed by atoms with Gasteiger partial charge >= 0.3 is 0 Å². The van der Waals surface area contributed by atoms with Gasteiger partial charge in [0, 0.05) is 6.54 Å². The molecule has 1 fully saturated rings. The van der Waals surface area contributed by atoms with Gasteiger partial charge in [0.1, 0.15) is 0 Å². The number of nitrogens with two attached hydrogens (primary N) is 1. The molecule has 0 aliphatic heterocycles. The topological polar surface area (TPSA) is 55.1 Å². The van der Waals surface area contributed by atoms with Crippen LogP contribution in [0.4, 0.5) is 0 Å². The van der Waals surface area contributed by atoms with Crippen molar-refractivity contribution in [3.05, 3.63) is 0 Å². The van der Waals surface area contributed by atoms with Crippen molar-refractivity contribution in [3.63, 3.8) is 0 Å². The van der Waals surface area contributed by atoms with Crippen LogP contribution in [0.15, 0.2) is 0 Å². The predicted octanol–water partition coefficient (Wildman–Crippen LogP) is 1.61. The molecule has 0 heterocycles. The molecule has 0 aromatic heterocycles. The second kappa shape index (κ2) is 4.92. The van der Waals surface area contributed by atoms with Crippen molar-refractivity contribution in [2.45, 2.75) is 39.5 Å². The van der Waals surface area contributed by atoms with Gasteiger partial charge in [-0.1, -0.05) is 25.6 Å². The lowest BCUT2D eigenvalue weighted by atomic mass is 10.0. The molecule has 1 saturated carbocycles. The fourth-order valence-corrected chi connectivity index (χ4v) is 1.89. The molecule has 1 rings (SSSR count). The lowest BCUT2D eigenvalue weighted by molar-refractivity contribution is -0.122. The smallest absolute Gasteiger partial charge is 0.229 e. The van der Waals surface area contributed by atoms with Crippen molar-refractivity contribution in [1.82, 2.24) is 5.32 Å². The molecule has 0 spiro atoms. The van der Waals surface area contributed by atoms with E-state index in [0.29, 0.717) is 5.41 Å². The first-order chi connectivity index (χ1) is 7.01. The van der Waals surface area contributed by atoms with E-state index in [0.717, 1.165) is 6.54 Å². The molecular formula is C11H20N2OS. The molecule has 86 valence electrons. The summed E-state index contributed by atoms with van der Waals surface area (Å²) < 4.78 is 0. The van der Waals surface area contributed by atoms with Gasteiger partial charge in [0.15, 0.2) is 0 Å². The van der Waals surface area contributed by atoms with Crippen LogP contribution in [0.1, 0.15) is 39.5 Å². The summed E-state index contributed by atoms with van der Waals surface area (Å²) in [7, 11) is 0. The van der Waals surface area contributed by atoms with Gasteiger partial charge in [0.05, 0.1) is 10.9 Å². The van der Waals surface area contributed by atoms with Crippen LogP contribution < -0.4 is 11.1 Å². The number of hydrogen-bond donors (Lipinski definition) is 2. The maximum atomic E-state index is 11.6. The summed E-state index contributed by atoms with van der Waals surface area (Å²) in [6.07, 6.45) is 4.86. The van der Waals surface area contributed by atoms with Crippen molar-refractivity contribution in [2.75, 3.05) is 6.54 Å². The Kier molecular flexibility index (Phi) is 4.08. The number of amides is 1. The van der Waals surface area contributed by atoms with Crippen molar-refractivity contribution in [1.29, 1.82) is 0 Å². The molecule has 1 amide bonds. The first-order valence-electron chi connectivity index (χ1n) is 5.58. The average Bonchev–Trinajstić information content (AvgIpc) is 2.94. The zero-order valence-corrected chi connectivity index (χ0v) is 10.3. The van der Waals surface area contributed by atoms with E-state index in [-0.39, 0.29) is 16.8 Å². The molecule has 4 heteroatoms. The first kappa shape index (κ1) is 12.4. The van der Waals surface area contributed by atoms with Crippen LogP contribution in [0, 0.1) is 11.3 Å². The lowest BCUT2D eigenvalue weighted by Gasteiger charge is -2.17. The standard InChI is InChI=1S/C11H20N2OS/c1-3-4-11(5-6-11)7-13-10(14)8(2)9(12)15/h8H,3-7H2,1-2H3,(H2,12,15)(H,13,14). The minimum absolute atomic E-state index is 0.0371. The number of carbonyl (C=O) groups excluding carboxylic acids is 1. The van der Waals surface area contributed by atoms with Crippen LogP contribution in [-0.2, 0) is 4.79 Å². The zero-order chi connectivity index (χ0) is 11.5. The van der Waals surface area contributed by atoms with Gasteiger partial charge in [-0.05, 0) is 31.6 Å². The van der Waals surface area contributed by atoms with E-state index in [1.165, 1.54) is 25.7 Å². The third kappa shape index (κ3) is 3.45. The molecule has 0 saturated heterocycles. The van der Waals surface area contributed by atoms with Gasteiger partial charge < -0.3 is 11.1 Å². The van der Waals surface area contributed by atoms with E-state index in [1.807, 2.05) is 0 Å². The first-order valence-corrected chi connectivity index (χ1v) is 5.98. The Morgan fingerprint density at radius 1 is 1.60 bits per heavy atom. The fourth-order valence-electron chi connectivity index (χ4n) is 1.78. The summed E-state index contributed by atoms with van der Waals surface area (Å²) in [5.74, 6) is -0.387. The molecule has 0 aromatic carbocycles. The van der Waals surface area contributed by atoms with Crippen LogP contribution in [-0.4, -0.2) is 17.4 Å². The van der Waals surface area contributed by atoms with Crippen molar-refractivity contribution < 1.29 is 4.79 Å². The van der Waals surface area contributed by atoms with Gasteiger partial charge in [-0.25, -0.2) is 0 Å². The van der Waals surface area contributed by atoms with Gasteiger partial charge in [0.25, 0.3) is 0 Å². The Morgan fingerprint density at radius 3 is 2.60 bits per heavy atom. The molecule has 15 heavy (non-hydrogen) atoms. The monoisotopic (exact) mass is 228 g/mol. The van der Waals surface area contributed by atoms with Crippen molar-refractivity contribution in [2.24, 2.45) is 17.1 Å². The normalized spacial score (nSPS) is 19.3. The maximum absolute atomic E-state index is 11.6. The molecular weight excluding hydrogens is 208 g/mol. The highest BCUT2D eigenvalue weighted by Crippen LogP contribution is 2.48. The molecule has 0 bridgehead atoms. The van der Waals surface area contributed by atoms with E-state index in [2.05, 4.69) is 12.2 Å². The molecule has 1 aliphatic rings. The van der Waals surface area contributed by atoms with Crippen LogP contribution in [0.25, 0.3) is 0 Å². The molecule has 3 nitrogen and oxygen atoms in total. The summed E-state index contributed by atoms with van der Waals surface area (Å²) in [4.78, 5) is 11.9. The number of carbonyl (C=O) groups is 1. The Morgan fingerprint density at radius 2 is 2.20 bits per heavy atom. The minimum atomic E-state index is -0.350. The second-order valence-corrected chi connectivity index (χ2v) is 5.06. The summed E-state index contributed by atoms with van der Waals surface area (Å²) in [5.41, 5.74) is 5.81. The van der Waals surface area contributed by atoms with Gasteiger partial charge in [-0.3, -0.25) is 4.79 Å². The summed E-state index contributed by atoms with van der Waals surface area (Å²) in [6.45, 7) is 4.71. The van der Waals surface area contributed by atoms with Gasteiger partial charge in [-0.2, -0.15) is 0 Å². The Hall–Kier alpha value is -0.640. The SMILES string of the molecule is CCCC1(CNC(=O)C(C)C(N)=S)CC1. The van der Waals surface area contributed by atoms with E-state index < -0.39 is 0 Å². The van der Waals surface area contributed by atoms with Gasteiger partial charge in [-0.15, -0.1) is 0 Å². The number of thiocarbonyl (C=S) groups is 1. The lowest BCUT2D eigenvalue weighted by Crippen LogP contribution is -2.38. The number of nitrogens with one attached hydrogen (secondary N) is 1. The minimum Gasteiger partial charge on any atom is -0.393 e. The second-order valence-electron chi connectivity index (χ2n) is 4.59. The highest BCUT2D eigenvalue weighted by Gasteiger charge is 2.41. The van der Waals surface area contributed by atoms with Crippen molar-refractivity contribution in [3.8, 4) is 0 Å². The molecule has 1 unspecified atom stereocenters. The summed E-state index contributed by atoms with van der Waals surface area (Å²) >= 11 is 4.79. The highest BCUT2D eigenvalue weighted by atomic mass is 32.1. The summed E-state index contributed by atoms with van der Waals surface area (Å²) in [5, 5.41) is 2.94. The van der Waals surface area contributed by atoms with Gasteiger partial charge in [0.2, 0.25) is 5.91 Å². The molecule has 0 radical (unpaired) electrons. The average molecular weight is 228 g/mol. The third-order valence-electron chi connectivity index (χ3n) is 3.20. The van der Waals surface area contributed by atoms with Crippen LogP contribution in [0.2, 0.25) is 0 Å². The quantitative estimate of drug-likeness (QED) is 0.679. The Labute approximate surface area is 96.8 Å². The van der Waals surface area contributed by atoms with Crippen LogP contribution in [0.3, 0.4) is 0 Å². The van der Waals surface area contributed by atoms with E-state index >= 15 is 0 Å². The molecule has 1 aliphatic carbocycles. The highest BCUT2D eigenvalue weighted by molar-refractivity contribution is 7.80. The largest absolute Gasteiger partial charge is 0.393 e. The number of hydrogen-bond acceptors (Lipinski definition) is 2. The van der Waals surface area contributed by atoms with Crippen molar-refractivity contribution >= 4 is 23.1 Å². The maximum Gasteiger partial charge on any atom is 0.229 e.